The lowest BCUT2D eigenvalue weighted by Gasteiger charge is -2.27. The molecule has 0 bridgehead atoms. The molecule has 0 aromatic heterocycles. The van der Waals surface area contributed by atoms with E-state index < -0.39 is 27.1 Å². The minimum absolute atomic E-state index is 0.0195. The molecule has 1 aliphatic heterocycles. The molecule has 3 fully saturated rings. The van der Waals surface area contributed by atoms with Gasteiger partial charge in [0.1, 0.15) is 17.3 Å². The standard InChI is InChI=1S/C12H18N2O3S.C6H13N.C5H9NO2S.C4H7NO.C2H4.3C2H2/c1-12(2,3)11(8-15)14-9-5-4-6-10(7-9)18(13,16)17;1-6-4-3-5-7(6)2;1-4(7)6-9(8)5-2-3-5;6-3-5-4-1-2-4;4*1-2/h4-8,11,14H,1-3H3,(H2,13,16,17);6H,3-5H2,1-2H3;5H,2-3H2,1H3,(H,6,7);3-4H,1-2H2,(H,5,6);1-2H2;3*1-2H/t;6-;;;;;;/m.1....../s1. The van der Waals surface area contributed by atoms with Crippen LogP contribution in [-0.2, 0) is 35.4 Å². The lowest BCUT2D eigenvalue weighted by molar-refractivity contribution is -0.117. The van der Waals surface area contributed by atoms with E-state index >= 15 is 0 Å². The summed E-state index contributed by atoms with van der Waals surface area (Å²) in [5, 5.41) is 10.9. The maximum absolute atomic E-state index is 11.2. The molecule has 1 saturated heterocycles. The van der Waals surface area contributed by atoms with E-state index in [0.717, 1.165) is 31.6 Å². The number of carbonyl (C=O) groups excluding carboxylic acids is 3. The molecule has 2 unspecified atom stereocenters. The fraction of sp³-hybridized carbons (Fsp3) is 0.514. The van der Waals surface area contributed by atoms with E-state index in [0.29, 0.717) is 11.7 Å². The molecule has 3 aliphatic rings. The molecule has 1 aromatic rings. The molecule has 1 heterocycles. The van der Waals surface area contributed by atoms with Crippen molar-refractivity contribution in [2.45, 2.75) is 101 Å². The minimum Gasteiger partial charge on any atom is -0.375 e. The Hall–Kier alpha value is -3.93. The lowest BCUT2D eigenvalue weighted by Crippen LogP contribution is -2.35. The predicted octanol–water partition coefficient (Wildman–Crippen LogP) is 3.85. The second kappa shape index (κ2) is 29.2. The number of anilines is 1. The Morgan fingerprint density at radius 1 is 1.04 bits per heavy atom. The molecule has 4 rings (SSSR count). The van der Waals surface area contributed by atoms with Crippen LogP contribution in [0.25, 0.3) is 0 Å². The van der Waals surface area contributed by atoms with Crippen molar-refractivity contribution in [1.82, 2.24) is 14.9 Å². The smallest absolute Gasteiger partial charge is 0.238 e. The monoisotopic (exact) mass is 707 g/mol. The molecule has 11 nitrogen and oxygen atoms in total. The van der Waals surface area contributed by atoms with Crippen LogP contribution in [0.1, 0.15) is 73.1 Å². The van der Waals surface area contributed by atoms with Gasteiger partial charge in [0.2, 0.25) is 22.3 Å². The summed E-state index contributed by atoms with van der Waals surface area (Å²) in [4.78, 5) is 33.3. The van der Waals surface area contributed by atoms with E-state index in [-0.39, 0.29) is 21.5 Å². The summed E-state index contributed by atoms with van der Waals surface area (Å²) in [6.07, 6.45) is 32.7. The first-order valence-corrected chi connectivity index (χ1v) is 17.8. The van der Waals surface area contributed by atoms with E-state index in [1.165, 1.54) is 51.3 Å². The maximum Gasteiger partial charge on any atom is 0.238 e. The zero-order chi connectivity index (χ0) is 38.5. The normalized spacial score (nSPS) is 16.9. The number of sulfonamides is 1. The summed E-state index contributed by atoms with van der Waals surface area (Å²) in [6.45, 7) is 16.7. The highest BCUT2D eigenvalue weighted by Crippen LogP contribution is 2.25. The maximum atomic E-state index is 11.2. The van der Waals surface area contributed by atoms with E-state index in [2.05, 4.69) is 85.9 Å². The molecular weight excluding hydrogens is 651 g/mol. The van der Waals surface area contributed by atoms with Gasteiger partial charge in [0.05, 0.1) is 16.2 Å². The number of hydrogen-bond acceptors (Lipinski definition) is 8. The predicted molar refractivity (Wildman–Crippen MR) is 200 cm³/mol. The topological polar surface area (TPSA) is 168 Å². The van der Waals surface area contributed by atoms with Crippen molar-refractivity contribution in [3.05, 3.63) is 37.4 Å². The van der Waals surface area contributed by atoms with Crippen LogP contribution >= 0.6 is 0 Å². The average molecular weight is 708 g/mol. The highest BCUT2D eigenvalue weighted by molar-refractivity contribution is 7.89. The minimum atomic E-state index is -3.73. The van der Waals surface area contributed by atoms with Crippen molar-refractivity contribution in [2.24, 2.45) is 10.6 Å². The van der Waals surface area contributed by atoms with E-state index in [1.54, 1.807) is 12.1 Å². The molecule has 1 aromatic carbocycles. The number of hydrogen-bond donors (Lipinski definition) is 4. The van der Waals surface area contributed by atoms with Crippen molar-refractivity contribution in [3.8, 4) is 38.5 Å². The Bertz CT molecular complexity index is 1210. The first-order chi connectivity index (χ1) is 22.6. The fourth-order valence-electron chi connectivity index (χ4n) is 3.33. The third-order valence-electron chi connectivity index (χ3n) is 6.39. The van der Waals surface area contributed by atoms with Crippen molar-refractivity contribution in [3.63, 3.8) is 0 Å². The summed E-state index contributed by atoms with van der Waals surface area (Å²) >= 11 is 0. The van der Waals surface area contributed by atoms with Crippen molar-refractivity contribution in [2.75, 3.05) is 18.9 Å². The van der Waals surface area contributed by atoms with Gasteiger partial charge in [-0.3, -0.25) is 14.3 Å². The number of aldehydes is 1. The van der Waals surface area contributed by atoms with Crippen LogP contribution in [0.2, 0.25) is 0 Å². The van der Waals surface area contributed by atoms with Gasteiger partial charge in [-0.05, 0) is 82.7 Å². The SMILES string of the molecule is C#C.C#C.C#C.C=C.CC(=O)NS(=O)C1CC1.CC(C)(C)C(C=O)Nc1cccc(S(N)(=O)=O)c1.C[C@@H]1CCCN1C.O=CNC1CC1. The number of carbonyl (C=O) groups is 3. The van der Waals surface area contributed by atoms with Gasteiger partial charge in [0.15, 0.2) is 0 Å². The van der Waals surface area contributed by atoms with Gasteiger partial charge in [-0.1, -0.05) is 26.8 Å². The van der Waals surface area contributed by atoms with Crippen molar-refractivity contribution >= 4 is 45.3 Å². The summed E-state index contributed by atoms with van der Waals surface area (Å²) in [5.74, 6) is -0.208. The molecule has 270 valence electrons. The van der Waals surface area contributed by atoms with Gasteiger partial charge in [-0.2, -0.15) is 0 Å². The molecule has 2 aliphatic carbocycles. The molecule has 0 spiro atoms. The number of nitrogens with zero attached hydrogens (tertiary/aromatic N) is 1. The van der Waals surface area contributed by atoms with E-state index in [4.69, 9.17) is 5.14 Å². The summed E-state index contributed by atoms with van der Waals surface area (Å²) in [5.41, 5.74) is 0.285. The Morgan fingerprint density at radius 3 is 1.83 bits per heavy atom. The van der Waals surface area contributed by atoms with E-state index in [1.807, 2.05) is 20.8 Å². The molecule has 0 radical (unpaired) electrons. The van der Waals surface area contributed by atoms with Gasteiger partial charge in [-0.15, -0.1) is 51.7 Å². The van der Waals surface area contributed by atoms with Gasteiger partial charge in [0.25, 0.3) is 0 Å². The molecule has 2 amide bonds. The van der Waals surface area contributed by atoms with Crippen LogP contribution in [0.4, 0.5) is 5.69 Å². The van der Waals surface area contributed by atoms with Gasteiger partial charge in [-0.25, -0.2) is 17.8 Å². The van der Waals surface area contributed by atoms with Gasteiger partial charge in [0, 0.05) is 24.7 Å². The third kappa shape index (κ3) is 27.2. The van der Waals surface area contributed by atoms with Crippen molar-refractivity contribution < 1.29 is 27.0 Å². The van der Waals surface area contributed by atoms with Crippen molar-refractivity contribution in [1.29, 1.82) is 0 Å². The first-order valence-electron chi connectivity index (χ1n) is 15.0. The van der Waals surface area contributed by atoms with Gasteiger partial charge >= 0.3 is 0 Å². The van der Waals surface area contributed by atoms with Crippen LogP contribution in [0, 0.1) is 44.0 Å². The zero-order valence-corrected chi connectivity index (χ0v) is 31.0. The largest absolute Gasteiger partial charge is 0.375 e. The molecule has 5 N–H and O–H groups in total. The molecular formula is C35H57N5O6S2. The van der Waals surface area contributed by atoms with E-state index in [9.17, 15) is 27.0 Å². The Kier molecular flexibility index (Phi) is 31.0. The van der Waals surface area contributed by atoms with Crippen LogP contribution < -0.4 is 20.5 Å². The average Bonchev–Trinajstić information content (AvgIpc) is 4.00. The second-order valence-corrected chi connectivity index (χ2v) is 14.4. The number of amides is 2. The van der Waals surface area contributed by atoms with Crippen LogP contribution in [-0.4, -0.2) is 73.1 Å². The molecule has 3 atom stereocenters. The molecule has 2 saturated carbocycles. The Labute approximate surface area is 293 Å². The number of nitrogens with two attached hydrogens (primary N) is 1. The molecule has 48 heavy (non-hydrogen) atoms. The second-order valence-electron chi connectivity index (χ2n) is 11.4. The number of terminal acetylenes is 3. The summed E-state index contributed by atoms with van der Waals surface area (Å²) in [7, 11) is -2.63. The number of rotatable bonds is 8. The number of primary sulfonamides is 1. The summed E-state index contributed by atoms with van der Waals surface area (Å²) in [6, 6.07) is 7.06. The quantitative estimate of drug-likeness (QED) is 0.180. The Balaban J connectivity index is -0.000000271. The van der Waals surface area contributed by atoms with Gasteiger partial charge < -0.3 is 20.3 Å². The lowest BCUT2D eigenvalue weighted by atomic mass is 9.87. The highest BCUT2D eigenvalue weighted by atomic mass is 32.2. The van der Waals surface area contributed by atoms with Crippen LogP contribution in [0.5, 0.6) is 0 Å². The number of likely N-dealkylation sites (tertiary alicyclic amines) is 1. The number of benzene rings is 1. The zero-order valence-electron chi connectivity index (χ0n) is 29.4. The first kappa shape index (κ1) is 50.9. The van der Waals surface area contributed by atoms with Crippen LogP contribution in [0.15, 0.2) is 42.3 Å². The molecule has 13 heteroatoms. The summed E-state index contributed by atoms with van der Waals surface area (Å²) < 4.78 is 35.6. The Morgan fingerprint density at radius 2 is 1.56 bits per heavy atom. The number of nitrogens with one attached hydrogen (secondary N) is 3. The third-order valence-corrected chi connectivity index (χ3v) is 8.87. The highest BCUT2D eigenvalue weighted by Gasteiger charge is 2.29. The van der Waals surface area contributed by atoms with Crippen LogP contribution in [0.3, 0.4) is 0 Å². The fourth-order valence-corrected chi connectivity index (χ4v) is 4.90.